The van der Waals surface area contributed by atoms with Crippen LogP contribution in [0.3, 0.4) is 0 Å². The third-order valence-corrected chi connectivity index (χ3v) is 5.92. The third kappa shape index (κ3) is 7.60. The number of ether oxygens (including phenoxy) is 2. The maximum Gasteiger partial charge on any atom is 0.261 e. The number of unbranched alkanes of at least 4 members (excludes halogenated alkanes) is 2. The summed E-state index contributed by atoms with van der Waals surface area (Å²) in [6.45, 7) is 1.58. The Hall–Kier alpha value is -2.32. The van der Waals surface area contributed by atoms with Crippen LogP contribution in [0, 0.1) is 11.8 Å². The molecule has 0 saturated carbocycles. The van der Waals surface area contributed by atoms with Gasteiger partial charge in [-0.3, -0.25) is 14.2 Å². The van der Waals surface area contributed by atoms with Gasteiger partial charge in [0.25, 0.3) is 5.56 Å². The molecule has 1 aromatic heterocycles. The normalized spacial score (nSPS) is 18.0. The van der Waals surface area contributed by atoms with E-state index in [-0.39, 0.29) is 43.9 Å². The van der Waals surface area contributed by atoms with E-state index in [1.54, 1.807) is 12.1 Å². The first-order valence-corrected chi connectivity index (χ1v) is 11.8. The number of aliphatic hydroxyl groups excluding tert-OH is 1. The number of fused-ring (bicyclic) bond motifs is 1. The summed E-state index contributed by atoms with van der Waals surface area (Å²) in [5.74, 6) is 5.97. The van der Waals surface area contributed by atoms with Crippen LogP contribution in [0.4, 0.5) is 0 Å². The number of halogens is 1. The lowest BCUT2D eigenvalue weighted by molar-refractivity contribution is -0.121. The van der Waals surface area contributed by atoms with Crippen LogP contribution in [-0.2, 0) is 20.8 Å². The number of aliphatic hydroxyl groups is 1. The molecular formula is C24H31ClN4O5. The van der Waals surface area contributed by atoms with Gasteiger partial charge in [0.05, 0.1) is 41.6 Å². The highest BCUT2D eigenvalue weighted by molar-refractivity contribution is 6.32. The van der Waals surface area contributed by atoms with Crippen molar-refractivity contribution >= 4 is 28.3 Å². The first kappa shape index (κ1) is 26.3. The molecule has 2 aromatic rings. The molecule has 1 aliphatic heterocycles. The fourth-order valence-electron chi connectivity index (χ4n) is 3.77. The molecule has 0 bridgehead atoms. The van der Waals surface area contributed by atoms with Crippen molar-refractivity contribution in [1.82, 2.24) is 14.9 Å². The molecule has 0 radical (unpaired) electrons. The molecule has 1 fully saturated rings. The zero-order chi connectivity index (χ0) is 24.3. The van der Waals surface area contributed by atoms with E-state index in [9.17, 15) is 14.7 Å². The van der Waals surface area contributed by atoms with Crippen molar-refractivity contribution in [2.45, 2.75) is 57.2 Å². The zero-order valence-corrected chi connectivity index (χ0v) is 19.9. The minimum absolute atomic E-state index is 0.103. The summed E-state index contributed by atoms with van der Waals surface area (Å²) in [7, 11) is 0. The number of Topliss-reactive ketones (excluding diaryl/α,β-unsaturated/α-hetero) is 1. The highest BCUT2D eigenvalue weighted by atomic mass is 35.5. The number of nitrogens with two attached hydrogens (primary N) is 1. The van der Waals surface area contributed by atoms with Gasteiger partial charge < -0.3 is 25.6 Å². The van der Waals surface area contributed by atoms with Crippen molar-refractivity contribution in [2.75, 3.05) is 26.7 Å². The number of carbonyl (C=O) groups is 1. The SMILES string of the molecule is NCOCOCCCCC#Cc1cc2ncn(CC(=O)CC3NCCCC3O)c(=O)c2cc1Cl. The minimum atomic E-state index is -0.549. The molecule has 2 heterocycles. The van der Waals surface area contributed by atoms with Crippen LogP contribution in [0.1, 0.15) is 44.1 Å². The van der Waals surface area contributed by atoms with Crippen LogP contribution < -0.4 is 16.6 Å². The molecule has 9 nitrogen and oxygen atoms in total. The van der Waals surface area contributed by atoms with Crippen LogP contribution >= 0.6 is 11.6 Å². The Morgan fingerprint density at radius 3 is 3.00 bits per heavy atom. The lowest BCUT2D eigenvalue weighted by Gasteiger charge is -2.28. The van der Waals surface area contributed by atoms with E-state index in [0.29, 0.717) is 40.9 Å². The third-order valence-electron chi connectivity index (χ3n) is 5.60. The molecule has 2 atom stereocenters. The second-order valence-corrected chi connectivity index (χ2v) is 8.60. The summed E-state index contributed by atoms with van der Waals surface area (Å²) in [6, 6.07) is 2.96. The van der Waals surface area contributed by atoms with Gasteiger partial charge in [0.15, 0.2) is 5.78 Å². The Labute approximate surface area is 203 Å². The number of nitrogens with one attached hydrogen (secondary N) is 1. The average molecular weight is 491 g/mol. The number of benzene rings is 1. The molecule has 2 unspecified atom stereocenters. The summed E-state index contributed by atoms with van der Waals surface area (Å²) >= 11 is 6.36. The maximum absolute atomic E-state index is 12.9. The first-order chi connectivity index (χ1) is 16.5. The minimum Gasteiger partial charge on any atom is -0.391 e. The number of aromatic nitrogens is 2. The summed E-state index contributed by atoms with van der Waals surface area (Å²) in [4.78, 5) is 29.7. The number of nitrogens with zero attached hydrogens (tertiary/aromatic N) is 2. The monoisotopic (exact) mass is 490 g/mol. The number of rotatable bonds is 11. The molecule has 0 amide bonds. The number of ketones is 1. The maximum atomic E-state index is 12.9. The van der Waals surface area contributed by atoms with E-state index in [1.165, 1.54) is 10.9 Å². The Kier molecular flexibility index (Phi) is 10.5. The number of hydrogen-bond acceptors (Lipinski definition) is 8. The lowest BCUT2D eigenvalue weighted by atomic mass is 9.97. The van der Waals surface area contributed by atoms with Crippen molar-refractivity contribution in [3.8, 4) is 11.8 Å². The van der Waals surface area contributed by atoms with Gasteiger partial charge in [-0.25, -0.2) is 4.98 Å². The van der Waals surface area contributed by atoms with Crippen molar-refractivity contribution in [2.24, 2.45) is 5.73 Å². The highest BCUT2D eigenvalue weighted by Gasteiger charge is 2.25. The molecule has 0 spiro atoms. The second kappa shape index (κ2) is 13.5. The number of carbonyl (C=O) groups excluding carboxylic acids is 1. The van der Waals surface area contributed by atoms with E-state index in [2.05, 4.69) is 22.1 Å². The van der Waals surface area contributed by atoms with Crippen LogP contribution in [0.25, 0.3) is 10.9 Å². The Morgan fingerprint density at radius 1 is 1.35 bits per heavy atom. The summed E-state index contributed by atoms with van der Waals surface area (Å²) in [6.07, 6.45) is 4.93. The van der Waals surface area contributed by atoms with Crippen LogP contribution in [0.2, 0.25) is 5.02 Å². The van der Waals surface area contributed by atoms with Gasteiger partial charge in [-0.15, -0.1) is 0 Å². The quantitative estimate of drug-likeness (QED) is 0.246. The fourth-order valence-corrected chi connectivity index (χ4v) is 3.98. The zero-order valence-electron chi connectivity index (χ0n) is 19.1. The first-order valence-electron chi connectivity index (χ1n) is 11.5. The topological polar surface area (TPSA) is 129 Å². The largest absolute Gasteiger partial charge is 0.391 e. The van der Waals surface area contributed by atoms with Crippen LogP contribution in [0.15, 0.2) is 23.3 Å². The van der Waals surface area contributed by atoms with Crippen LogP contribution in [-0.4, -0.2) is 59.3 Å². The van der Waals surface area contributed by atoms with E-state index in [1.807, 2.05) is 0 Å². The smallest absolute Gasteiger partial charge is 0.261 e. The van der Waals surface area contributed by atoms with Gasteiger partial charge in [-0.05, 0) is 44.4 Å². The van der Waals surface area contributed by atoms with Gasteiger partial charge in [-0.1, -0.05) is 23.4 Å². The van der Waals surface area contributed by atoms with Crippen molar-refractivity contribution in [1.29, 1.82) is 0 Å². The molecule has 1 aliphatic rings. The fraction of sp³-hybridized carbons (Fsp3) is 0.542. The predicted octanol–water partition coefficient (Wildman–Crippen LogP) is 1.55. The molecule has 3 rings (SSSR count). The second-order valence-electron chi connectivity index (χ2n) is 8.20. The molecule has 4 N–H and O–H groups in total. The Bertz CT molecular complexity index is 1090. The van der Waals surface area contributed by atoms with Crippen molar-refractivity contribution in [3.05, 3.63) is 39.4 Å². The molecule has 34 heavy (non-hydrogen) atoms. The summed E-state index contributed by atoms with van der Waals surface area (Å²) in [5.41, 5.74) is 5.94. The van der Waals surface area contributed by atoms with E-state index in [4.69, 9.17) is 26.8 Å². The molecule has 1 aromatic carbocycles. The lowest BCUT2D eigenvalue weighted by Crippen LogP contribution is -2.46. The standard InChI is InChI=1S/C24H31ClN4O5/c25-20-12-19-21(10-17(20)6-3-1-2-4-9-33-16-34-14-26)28-15-29(24(19)32)13-18(30)11-22-23(31)7-5-8-27-22/h10,12,15,22-23,27,31H,1-2,4-5,7-9,11,13-14,16,26H2. The van der Waals surface area contributed by atoms with Gasteiger partial charge in [0, 0.05) is 31.1 Å². The van der Waals surface area contributed by atoms with Gasteiger partial charge >= 0.3 is 0 Å². The molecule has 0 aliphatic carbocycles. The van der Waals surface area contributed by atoms with Crippen molar-refractivity contribution in [3.63, 3.8) is 0 Å². The van der Waals surface area contributed by atoms with E-state index in [0.717, 1.165) is 25.8 Å². The van der Waals surface area contributed by atoms with E-state index < -0.39 is 6.10 Å². The van der Waals surface area contributed by atoms with Gasteiger partial charge in [0.1, 0.15) is 6.79 Å². The predicted molar refractivity (Wildman–Crippen MR) is 129 cm³/mol. The number of hydrogen-bond donors (Lipinski definition) is 3. The van der Waals surface area contributed by atoms with Gasteiger partial charge in [-0.2, -0.15) is 0 Å². The average Bonchev–Trinajstić information content (AvgIpc) is 2.82. The van der Waals surface area contributed by atoms with Crippen molar-refractivity contribution < 1.29 is 19.4 Å². The highest BCUT2D eigenvalue weighted by Crippen LogP contribution is 2.20. The van der Waals surface area contributed by atoms with E-state index >= 15 is 0 Å². The summed E-state index contributed by atoms with van der Waals surface area (Å²) in [5, 5.41) is 13.9. The number of piperidine rings is 1. The Morgan fingerprint density at radius 2 is 2.21 bits per heavy atom. The summed E-state index contributed by atoms with van der Waals surface area (Å²) < 4.78 is 11.4. The molecule has 10 heteroatoms. The van der Waals surface area contributed by atoms with Crippen LogP contribution in [0.5, 0.6) is 0 Å². The molecule has 184 valence electrons. The molecule has 1 saturated heterocycles. The Balaban J connectivity index is 1.59. The van der Waals surface area contributed by atoms with Gasteiger partial charge in [0.2, 0.25) is 0 Å². The molecular weight excluding hydrogens is 460 g/mol.